The van der Waals surface area contributed by atoms with Crippen molar-refractivity contribution < 1.29 is 23.9 Å². The zero-order valence-corrected chi connectivity index (χ0v) is 35.7. The zero-order chi connectivity index (χ0) is 42.1. The van der Waals surface area contributed by atoms with E-state index in [-0.39, 0.29) is 46.4 Å². The van der Waals surface area contributed by atoms with E-state index in [1.807, 2.05) is 24.3 Å². The summed E-state index contributed by atoms with van der Waals surface area (Å²) < 4.78 is 8.60. The predicted molar refractivity (Wildman–Crippen MR) is 232 cm³/mol. The van der Waals surface area contributed by atoms with Gasteiger partial charge in [0.05, 0.1) is 46.1 Å². The number of carbonyl (C=O) groups is 4. The molecule has 62 heavy (non-hydrogen) atoms. The van der Waals surface area contributed by atoms with E-state index >= 15 is 0 Å². The number of nitrogens with zero attached hydrogens (tertiary/aromatic N) is 5. The molecule has 12 nitrogen and oxygen atoms in total. The molecule has 5 fully saturated rings. The van der Waals surface area contributed by atoms with Crippen molar-refractivity contribution in [1.29, 1.82) is 0 Å². The Bertz CT molecular complexity index is 2670. The summed E-state index contributed by atoms with van der Waals surface area (Å²) >= 11 is 6.58. The average molecular weight is 855 g/mol. The highest BCUT2D eigenvalue weighted by atomic mass is 35.5. The van der Waals surface area contributed by atoms with Crippen molar-refractivity contribution in [2.45, 2.75) is 119 Å². The van der Waals surface area contributed by atoms with Crippen LogP contribution in [0.15, 0.2) is 53.3 Å². The Labute approximate surface area is 364 Å². The molecule has 13 heteroatoms. The quantitative estimate of drug-likeness (QED) is 0.238. The number of hydrogen-bond donors (Lipinski definition) is 1. The summed E-state index contributed by atoms with van der Waals surface area (Å²) in [5, 5.41) is 3.33. The van der Waals surface area contributed by atoms with Gasteiger partial charge in [-0.05, 0) is 99.1 Å². The Hall–Kier alpha value is -5.07. The molecule has 0 bridgehead atoms. The first-order valence-electron chi connectivity index (χ1n) is 23.0. The van der Waals surface area contributed by atoms with Crippen LogP contribution < -0.4 is 15.6 Å². The van der Waals surface area contributed by atoms with Crippen LogP contribution in [0.1, 0.15) is 128 Å². The minimum Gasteiger partial charge on any atom is -0.492 e. The first-order valence-corrected chi connectivity index (χ1v) is 23.3. The molecular weight excluding hydrogens is 804 g/mol. The maximum Gasteiger partial charge on any atom is 0.282 e. The van der Waals surface area contributed by atoms with Gasteiger partial charge in [0, 0.05) is 60.7 Å². The molecule has 2 spiro atoms. The van der Waals surface area contributed by atoms with Crippen LogP contribution in [0.2, 0.25) is 5.02 Å². The van der Waals surface area contributed by atoms with Crippen molar-refractivity contribution in [2.75, 3.05) is 32.8 Å². The highest BCUT2D eigenvalue weighted by Gasteiger charge is 2.50. The van der Waals surface area contributed by atoms with Gasteiger partial charge in [-0.3, -0.25) is 38.8 Å². The number of aromatic nitrogens is 2. The molecule has 2 saturated carbocycles. The Kier molecular flexibility index (Phi) is 8.85. The molecule has 3 saturated heterocycles. The van der Waals surface area contributed by atoms with E-state index in [0.29, 0.717) is 60.6 Å². The molecular formula is C49H51ClN6O6. The standard InChI is InChI=1S/C49H51ClN6O6/c50-36-5-4-6-38-41(36)44(59)52-47-49(17-2-1-3-18-49)35-23-29(9-14-37(35)56(38)47)28-7-10-31(11-8-28)54-24-30(25-54)45(60)53-21-19-48(20-22-53)27-62-42-33-26-55(39-15-16-40(57)51-43(39)58)46(61)32(33)12-13-34(42)48/h4-6,9,12-14,23,28,30-31,39H,1-3,7-8,10-11,15-22,24-27H2,(H,51,57,58)/t28?,31?,39-/m0/s1. The van der Waals surface area contributed by atoms with Gasteiger partial charge in [0.15, 0.2) is 0 Å². The molecule has 3 aromatic carbocycles. The van der Waals surface area contributed by atoms with E-state index in [0.717, 1.165) is 111 Å². The van der Waals surface area contributed by atoms with Crippen molar-refractivity contribution in [3.8, 4) is 11.4 Å². The fraction of sp³-hybridized carbons (Fsp3) is 0.510. The summed E-state index contributed by atoms with van der Waals surface area (Å²) in [4.78, 5) is 76.0. The maximum atomic E-state index is 13.9. The minimum atomic E-state index is -0.661. The molecule has 8 aliphatic rings. The fourth-order valence-electron chi connectivity index (χ4n) is 13.0. The van der Waals surface area contributed by atoms with E-state index in [1.54, 1.807) is 11.0 Å². The third-order valence-corrected chi connectivity index (χ3v) is 16.8. The number of halogens is 1. The number of hydrogen-bond acceptors (Lipinski definition) is 8. The number of nitrogens with one attached hydrogen (secondary N) is 1. The van der Waals surface area contributed by atoms with Gasteiger partial charge >= 0.3 is 0 Å². The number of fused-ring (bicyclic) bond motifs is 11. The third kappa shape index (κ3) is 5.67. The summed E-state index contributed by atoms with van der Waals surface area (Å²) in [5.74, 6) is 1.54. The highest BCUT2D eigenvalue weighted by molar-refractivity contribution is 6.35. The summed E-state index contributed by atoms with van der Waals surface area (Å²) in [6.45, 7) is 3.85. The van der Waals surface area contributed by atoms with E-state index in [2.05, 4.69) is 37.9 Å². The molecule has 2 aliphatic carbocycles. The molecule has 0 unspecified atom stereocenters. The first-order chi connectivity index (χ1) is 30.1. The Morgan fingerprint density at radius 2 is 1.66 bits per heavy atom. The van der Waals surface area contributed by atoms with Crippen molar-refractivity contribution >= 4 is 46.1 Å². The number of imide groups is 1. The van der Waals surface area contributed by atoms with E-state index < -0.39 is 11.9 Å². The molecule has 0 radical (unpaired) electrons. The SMILES string of the molecule is O=C1CC[C@H](N2Cc3c(ccc4c3OCC43CCN(C(=O)C4CN(C5CCC(c6ccc7c(c6)C6(CCCCC6)c6nc(=O)c8c(Cl)cccc8n6-7)CC5)C4)CC3)C2=O)C(=O)N1. The summed E-state index contributed by atoms with van der Waals surface area (Å²) in [5.41, 5.74) is 6.54. The predicted octanol–water partition coefficient (Wildman–Crippen LogP) is 6.27. The molecule has 4 aromatic rings. The second-order valence-electron chi connectivity index (χ2n) is 19.5. The van der Waals surface area contributed by atoms with Crippen LogP contribution in [-0.4, -0.2) is 92.7 Å². The second kappa shape index (κ2) is 14.2. The molecule has 1 N–H and O–H groups in total. The van der Waals surface area contributed by atoms with Gasteiger partial charge in [0.2, 0.25) is 17.7 Å². The van der Waals surface area contributed by atoms with Crippen LogP contribution in [0, 0.1) is 5.92 Å². The number of carbonyl (C=O) groups excluding carboxylic acids is 4. The van der Waals surface area contributed by atoms with E-state index in [9.17, 15) is 24.0 Å². The van der Waals surface area contributed by atoms with Crippen LogP contribution in [-0.2, 0) is 31.8 Å². The van der Waals surface area contributed by atoms with Crippen molar-refractivity contribution in [3.63, 3.8) is 0 Å². The average Bonchev–Trinajstić information content (AvgIpc) is 3.88. The van der Waals surface area contributed by atoms with Gasteiger partial charge in [-0.25, -0.2) is 0 Å². The lowest BCUT2D eigenvalue weighted by atomic mass is 9.69. The molecule has 1 atom stereocenters. The van der Waals surface area contributed by atoms with Crippen LogP contribution in [0.4, 0.5) is 0 Å². The molecule has 6 aliphatic heterocycles. The molecule has 12 rings (SSSR count). The van der Waals surface area contributed by atoms with Crippen molar-refractivity contribution in [1.82, 2.24) is 29.6 Å². The van der Waals surface area contributed by atoms with Gasteiger partial charge in [0.25, 0.3) is 11.5 Å². The summed E-state index contributed by atoms with van der Waals surface area (Å²) in [6.07, 6.45) is 12.1. The minimum absolute atomic E-state index is 0.0400. The second-order valence-corrected chi connectivity index (χ2v) is 20.0. The van der Waals surface area contributed by atoms with E-state index in [1.165, 1.54) is 17.5 Å². The first kappa shape index (κ1) is 38.6. The van der Waals surface area contributed by atoms with Crippen LogP contribution in [0.5, 0.6) is 5.75 Å². The van der Waals surface area contributed by atoms with E-state index in [4.69, 9.17) is 21.3 Å². The number of benzene rings is 3. The van der Waals surface area contributed by atoms with Crippen LogP contribution >= 0.6 is 11.6 Å². The smallest absolute Gasteiger partial charge is 0.282 e. The number of ether oxygens (including phenoxy) is 1. The number of amides is 4. The largest absolute Gasteiger partial charge is 0.492 e. The Balaban J connectivity index is 0.674. The van der Waals surface area contributed by atoms with Gasteiger partial charge in [-0.15, -0.1) is 0 Å². The van der Waals surface area contributed by atoms with Gasteiger partial charge in [-0.2, -0.15) is 4.98 Å². The zero-order valence-electron chi connectivity index (χ0n) is 34.9. The Morgan fingerprint density at radius 1 is 0.871 bits per heavy atom. The molecule has 320 valence electrons. The number of likely N-dealkylation sites (tertiary alicyclic amines) is 2. The lowest BCUT2D eigenvalue weighted by Crippen LogP contribution is -2.59. The monoisotopic (exact) mass is 854 g/mol. The topological polar surface area (TPSA) is 134 Å². The normalized spacial score (nSPS) is 26.3. The van der Waals surface area contributed by atoms with Crippen molar-refractivity contribution in [3.05, 3.63) is 97.5 Å². The number of rotatable bonds is 4. The van der Waals surface area contributed by atoms with Gasteiger partial charge < -0.3 is 14.5 Å². The summed E-state index contributed by atoms with van der Waals surface area (Å²) in [6, 6.07) is 16.5. The van der Waals surface area contributed by atoms with Crippen LogP contribution in [0.25, 0.3) is 16.6 Å². The highest BCUT2D eigenvalue weighted by Crippen LogP contribution is 2.53. The lowest BCUT2D eigenvalue weighted by molar-refractivity contribution is -0.144. The lowest BCUT2D eigenvalue weighted by Gasteiger charge is -2.48. The fourth-order valence-corrected chi connectivity index (χ4v) is 13.2. The maximum absolute atomic E-state index is 13.9. The number of piperidine rings is 2. The van der Waals surface area contributed by atoms with Crippen molar-refractivity contribution in [2.24, 2.45) is 5.92 Å². The molecule has 7 heterocycles. The Morgan fingerprint density at radius 3 is 2.44 bits per heavy atom. The summed E-state index contributed by atoms with van der Waals surface area (Å²) in [7, 11) is 0. The van der Waals surface area contributed by atoms with Gasteiger partial charge in [0.1, 0.15) is 17.6 Å². The van der Waals surface area contributed by atoms with Gasteiger partial charge in [-0.1, -0.05) is 55.1 Å². The third-order valence-electron chi connectivity index (χ3n) is 16.5. The van der Waals surface area contributed by atoms with Crippen LogP contribution in [0.3, 0.4) is 0 Å². The molecule has 4 amide bonds. The molecule has 1 aromatic heterocycles.